The van der Waals surface area contributed by atoms with E-state index in [1.807, 2.05) is 26.8 Å². The van der Waals surface area contributed by atoms with Crippen LogP contribution in [0.2, 0.25) is 0 Å². The Morgan fingerprint density at radius 2 is 2.04 bits per heavy atom. The van der Waals surface area contributed by atoms with Crippen LogP contribution in [0.25, 0.3) is 22.1 Å². The van der Waals surface area contributed by atoms with E-state index >= 15 is 0 Å². The number of nitrogens with zero attached hydrogens (tertiary/aromatic N) is 1. The van der Waals surface area contributed by atoms with E-state index in [-0.39, 0.29) is 11.4 Å². The topological polar surface area (TPSA) is 81.3 Å². The molecule has 0 saturated heterocycles. The Labute approximate surface area is 154 Å². The van der Waals surface area contributed by atoms with Crippen molar-refractivity contribution >= 4 is 22.3 Å². The van der Waals surface area contributed by atoms with Gasteiger partial charge in [0.1, 0.15) is 10.3 Å². The predicted octanol–water partition coefficient (Wildman–Crippen LogP) is 3.68. The summed E-state index contributed by atoms with van der Waals surface area (Å²) in [6.45, 7) is 5.86. The highest BCUT2D eigenvalue weighted by atomic mass is 32.2. The fraction of sp³-hybridized carbons (Fsp3) is 0.316. The van der Waals surface area contributed by atoms with Gasteiger partial charge in [-0.3, -0.25) is 4.98 Å². The molecule has 26 heavy (non-hydrogen) atoms. The van der Waals surface area contributed by atoms with E-state index in [4.69, 9.17) is 4.42 Å². The zero-order valence-electron chi connectivity index (χ0n) is 14.9. The Bertz CT molecular complexity index is 921. The Balaban J connectivity index is 1.94. The van der Waals surface area contributed by atoms with Gasteiger partial charge in [0, 0.05) is 34.6 Å². The van der Waals surface area contributed by atoms with Gasteiger partial charge in [-0.1, -0.05) is 0 Å². The Kier molecular flexibility index (Phi) is 5.34. The number of furan rings is 1. The summed E-state index contributed by atoms with van der Waals surface area (Å²) in [5, 5.41) is 10.1. The standard InChI is InChI=1S/C19H21FN2O3S/c1-19(2,3)26(24)22-10-15-8-13(4-5-21-15)16-7-12(11-23)6-14-9-17(20)25-18(14)16/h4-9,22-23H,10-11H2,1-3H3. The minimum absolute atomic E-state index is 0.153. The summed E-state index contributed by atoms with van der Waals surface area (Å²) in [5.41, 5.74) is 3.25. The molecule has 0 amide bonds. The van der Waals surface area contributed by atoms with Crippen molar-refractivity contribution in [3.05, 3.63) is 53.8 Å². The second-order valence-electron chi connectivity index (χ2n) is 7.01. The van der Waals surface area contributed by atoms with Gasteiger partial charge < -0.3 is 14.1 Å². The smallest absolute Gasteiger partial charge is 0.278 e. The third-order valence-electron chi connectivity index (χ3n) is 3.90. The normalized spacial score (nSPS) is 13.3. The minimum Gasteiger partial charge on any atom is -0.598 e. The summed E-state index contributed by atoms with van der Waals surface area (Å²) in [7, 11) is 0. The zero-order valence-corrected chi connectivity index (χ0v) is 15.7. The molecule has 3 aromatic rings. The molecule has 1 unspecified atom stereocenters. The fourth-order valence-corrected chi connectivity index (χ4v) is 3.30. The SMILES string of the molecule is CC(C)(C)[S+]([O-])NCc1cc(-c2cc(CO)cc3cc(F)oc23)ccn1. The van der Waals surface area contributed by atoms with Crippen molar-refractivity contribution in [1.29, 1.82) is 0 Å². The van der Waals surface area contributed by atoms with Crippen LogP contribution in [-0.2, 0) is 24.5 Å². The first-order valence-corrected chi connectivity index (χ1v) is 9.36. The van der Waals surface area contributed by atoms with Crippen LogP contribution in [0.15, 0.2) is 40.9 Å². The second kappa shape index (κ2) is 7.36. The van der Waals surface area contributed by atoms with Gasteiger partial charge in [0.15, 0.2) is 0 Å². The van der Waals surface area contributed by atoms with E-state index in [0.29, 0.717) is 34.3 Å². The second-order valence-corrected chi connectivity index (χ2v) is 9.06. The lowest BCUT2D eigenvalue weighted by atomic mass is 10.0. The van der Waals surface area contributed by atoms with Crippen LogP contribution in [0, 0.1) is 6.01 Å². The van der Waals surface area contributed by atoms with Gasteiger partial charge >= 0.3 is 0 Å². The molecule has 138 valence electrons. The number of nitrogens with one attached hydrogen (secondary N) is 1. The first-order valence-electron chi connectivity index (χ1n) is 8.21. The third-order valence-corrected chi connectivity index (χ3v) is 5.42. The number of hydrogen-bond acceptors (Lipinski definition) is 5. The van der Waals surface area contributed by atoms with E-state index in [2.05, 4.69) is 9.71 Å². The van der Waals surface area contributed by atoms with Crippen LogP contribution >= 0.6 is 0 Å². The number of hydrogen-bond donors (Lipinski definition) is 2. The van der Waals surface area contributed by atoms with Crippen molar-refractivity contribution in [2.45, 2.75) is 38.7 Å². The number of aromatic nitrogens is 1. The van der Waals surface area contributed by atoms with E-state index < -0.39 is 17.4 Å². The van der Waals surface area contributed by atoms with Gasteiger partial charge in [0.2, 0.25) is 0 Å². The monoisotopic (exact) mass is 376 g/mol. The average molecular weight is 376 g/mol. The van der Waals surface area contributed by atoms with Crippen LogP contribution in [-0.4, -0.2) is 19.4 Å². The van der Waals surface area contributed by atoms with Crippen LogP contribution in [0.5, 0.6) is 0 Å². The van der Waals surface area contributed by atoms with Gasteiger partial charge in [-0.15, -0.1) is 4.72 Å². The quantitative estimate of drug-likeness (QED) is 0.664. The molecule has 0 bridgehead atoms. The number of rotatable bonds is 5. The van der Waals surface area contributed by atoms with Gasteiger partial charge in [0.25, 0.3) is 6.01 Å². The van der Waals surface area contributed by atoms with Gasteiger partial charge in [-0.25, -0.2) is 0 Å². The maximum Gasteiger partial charge on any atom is 0.278 e. The molecule has 1 aromatic carbocycles. The predicted molar refractivity (Wildman–Crippen MR) is 100 cm³/mol. The van der Waals surface area contributed by atoms with Crippen molar-refractivity contribution in [3.63, 3.8) is 0 Å². The molecule has 7 heteroatoms. The molecule has 0 fully saturated rings. The molecule has 5 nitrogen and oxygen atoms in total. The molecule has 0 saturated carbocycles. The highest BCUT2D eigenvalue weighted by molar-refractivity contribution is 7.90. The lowest BCUT2D eigenvalue weighted by Crippen LogP contribution is -2.39. The minimum atomic E-state index is -1.20. The van der Waals surface area contributed by atoms with Crippen molar-refractivity contribution in [2.24, 2.45) is 0 Å². The third kappa shape index (κ3) is 4.07. The molecule has 2 N–H and O–H groups in total. The molecule has 3 rings (SSSR count). The number of benzene rings is 1. The first-order chi connectivity index (χ1) is 12.3. The zero-order chi connectivity index (χ0) is 18.9. The van der Waals surface area contributed by atoms with Crippen LogP contribution in [0.1, 0.15) is 32.0 Å². The summed E-state index contributed by atoms with van der Waals surface area (Å²) < 4.78 is 33.5. The highest BCUT2D eigenvalue weighted by Gasteiger charge is 2.26. The summed E-state index contributed by atoms with van der Waals surface area (Å²) in [6.07, 6.45) is 1.64. The summed E-state index contributed by atoms with van der Waals surface area (Å²) in [6, 6.07) is 7.72. The van der Waals surface area contributed by atoms with Crippen molar-refractivity contribution < 1.29 is 18.5 Å². The van der Waals surface area contributed by atoms with E-state index in [9.17, 15) is 14.0 Å². The lowest BCUT2D eigenvalue weighted by molar-refractivity contribution is 0.282. The molecule has 2 heterocycles. The Morgan fingerprint density at radius 1 is 1.27 bits per heavy atom. The van der Waals surface area contributed by atoms with Crippen LogP contribution < -0.4 is 4.72 Å². The Morgan fingerprint density at radius 3 is 2.73 bits per heavy atom. The van der Waals surface area contributed by atoms with Crippen molar-refractivity contribution in [1.82, 2.24) is 9.71 Å². The van der Waals surface area contributed by atoms with Crippen molar-refractivity contribution in [2.75, 3.05) is 0 Å². The first kappa shape index (κ1) is 18.8. The summed E-state index contributed by atoms with van der Waals surface area (Å²) in [5.74, 6) is 0. The van der Waals surface area contributed by atoms with E-state index in [0.717, 1.165) is 5.56 Å². The lowest BCUT2D eigenvalue weighted by Gasteiger charge is -2.23. The average Bonchev–Trinajstić information content (AvgIpc) is 2.98. The van der Waals surface area contributed by atoms with Crippen LogP contribution in [0.3, 0.4) is 0 Å². The number of halogens is 1. The number of fused-ring (bicyclic) bond motifs is 1. The molecule has 1 atom stereocenters. The van der Waals surface area contributed by atoms with Crippen LogP contribution in [0.4, 0.5) is 4.39 Å². The van der Waals surface area contributed by atoms with Crippen molar-refractivity contribution in [3.8, 4) is 11.1 Å². The highest BCUT2D eigenvalue weighted by Crippen LogP contribution is 2.32. The summed E-state index contributed by atoms with van der Waals surface area (Å²) in [4.78, 5) is 4.30. The number of aliphatic hydroxyl groups is 1. The molecule has 0 aliphatic heterocycles. The largest absolute Gasteiger partial charge is 0.598 e. The number of pyridine rings is 1. The van der Waals surface area contributed by atoms with E-state index in [1.165, 1.54) is 6.07 Å². The van der Waals surface area contributed by atoms with E-state index in [1.54, 1.807) is 24.4 Å². The molecule has 0 aliphatic carbocycles. The maximum absolute atomic E-state index is 13.6. The molecule has 0 radical (unpaired) electrons. The molecular formula is C19H21FN2O3S. The van der Waals surface area contributed by atoms with Gasteiger partial charge in [-0.05, 0) is 56.2 Å². The molecular weight excluding hydrogens is 355 g/mol. The van der Waals surface area contributed by atoms with Gasteiger partial charge in [-0.2, -0.15) is 4.39 Å². The maximum atomic E-state index is 13.6. The number of aliphatic hydroxyl groups excluding tert-OH is 1. The summed E-state index contributed by atoms with van der Waals surface area (Å²) >= 11 is -1.20. The Hall–Kier alpha value is -1.93. The van der Waals surface area contributed by atoms with Gasteiger partial charge in [0.05, 0.1) is 18.8 Å². The molecule has 0 spiro atoms. The fourth-order valence-electron chi connectivity index (χ4n) is 2.59. The molecule has 2 aromatic heterocycles. The molecule has 0 aliphatic rings.